The van der Waals surface area contributed by atoms with Crippen molar-refractivity contribution in [1.29, 1.82) is 0 Å². The summed E-state index contributed by atoms with van der Waals surface area (Å²) in [6.07, 6.45) is -11.2. The third-order valence-electron chi connectivity index (χ3n) is 1.82. The highest BCUT2D eigenvalue weighted by Gasteiger charge is 1.94. The number of hydrogen-bond acceptors (Lipinski definition) is 1. The Labute approximate surface area is 141 Å². The van der Waals surface area contributed by atoms with Crippen LogP contribution in [0.3, 0.4) is 0 Å². The third-order valence-corrected chi connectivity index (χ3v) is 2.22. The maximum absolute atomic E-state index is 8.18. The molecule has 18 heavy (non-hydrogen) atoms. The molecule has 0 saturated heterocycles. The number of benzene rings is 1. The predicted molar refractivity (Wildman–Crippen MR) is 82.5 cm³/mol. The van der Waals surface area contributed by atoms with Gasteiger partial charge < -0.3 is 4.74 Å². The lowest BCUT2D eigenvalue weighted by molar-refractivity contribution is 0.126. The quantitative estimate of drug-likeness (QED) is 0.411. The molecule has 0 aliphatic heterocycles. The number of unbranched alkanes of at least 4 members (excludes halogenated alkanes) is 1. The minimum Gasteiger partial charge on any atom is -0.381 e. The monoisotopic (exact) mass is 327 g/mol. The fraction of sp³-hybridized carbons (Fsp3) is 0.625. The highest BCUT2D eigenvalue weighted by molar-refractivity contribution is 9.09. The molecule has 1 nitrogen and oxygen atoms in total. The molecule has 0 bridgehead atoms. The number of alkyl halides is 1. The van der Waals surface area contributed by atoms with Crippen molar-refractivity contribution in [2.45, 2.75) is 44.8 Å². The van der Waals surface area contributed by atoms with Crippen molar-refractivity contribution in [3.63, 3.8) is 0 Å². The summed E-state index contributed by atoms with van der Waals surface area (Å²) in [5.41, 5.74) is -0.879. The van der Waals surface area contributed by atoms with Gasteiger partial charge in [0, 0.05) is 29.4 Å². The maximum atomic E-state index is 8.18. The lowest BCUT2D eigenvalue weighted by Gasteiger charge is -2.04. The van der Waals surface area contributed by atoms with E-state index in [1.54, 1.807) is 0 Å². The molecule has 0 amide bonds. The second-order valence-corrected chi connectivity index (χ2v) is 3.74. The van der Waals surface area contributed by atoms with E-state index in [0.29, 0.717) is 0 Å². The van der Waals surface area contributed by atoms with Crippen LogP contribution >= 0.6 is 15.9 Å². The Morgan fingerprint density at radius 2 is 1.83 bits per heavy atom. The minimum atomic E-state index is -3.80. The zero-order valence-corrected chi connectivity index (χ0v) is 11.4. The van der Waals surface area contributed by atoms with Gasteiger partial charge in [0.15, 0.2) is 0 Å². The Hall–Kier alpha value is -0.340. The lowest BCUT2D eigenvalue weighted by atomic mass is 10.1. The summed E-state index contributed by atoms with van der Waals surface area (Å²) in [4.78, 5) is 0. The van der Waals surface area contributed by atoms with Crippen LogP contribution in [-0.4, -0.2) is 18.4 Å². The summed E-state index contributed by atoms with van der Waals surface area (Å²) in [6, 6.07) is -0.0966. The molecule has 0 aliphatic rings. The van der Waals surface area contributed by atoms with Crippen molar-refractivity contribution in [3.05, 3.63) is 35.8 Å². The first kappa shape index (κ1) is 4.60. The molecule has 0 aromatic heterocycles. The molecule has 0 aliphatic carbocycles. The summed E-state index contributed by atoms with van der Waals surface area (Å²) in [7, 11) is 0. The van der Waals surface area contributed by atoms with Crippen molar-refractivity contribution in [1.82, 2.24) is 0 Å². The summed E-state index contributed by atoms with van der Waals surface area (Å²) in [5, 5.41) is -1.67. The van der Waals surface area contributed by atoms with E-state index in [2.05, 4.69) is 20.7 Å². The van der Waals surface area contributed by atoms with Crippen LogP contribution in [0.2, 0.25) is 0 Å². The van der Waals surface area contributed by atoms with Crippen LogP contribution in [0.25, 0.3) is 0 Å². The van der Waals surface area contributed by atoms with Crippen molar-refractivity contribution >= 4 is 15.9 Å². The fourth-order valence-electron chi connectivity index (χ4n) is 1.00. The van der Waals surface area contributed by atoms with Crippen LogP contribution in [0, 0.1) is 0 Å². The van der Waals surface area contributed by atoms with Crippen LogP contribution in [-0.2, 0) is 11.1 Å². The number of hydrogen-bond donors (Lipinski definition) is 0. The Balaban J connectivity index is 3.21. The molecule has 102 valence electrons. The van der Waals surface area contributed by atoms with E-state index in [0.717, 1.165) is 12.1 Å². The Bertz CT molecular complexity index is 811. The van der Waals surface area contributed by atoms with Gasteiger partial charge in [0.25, 0.3) is 0 Å². The highest BCUT2D eigenvalue weighted by Crippen LogP contribution is 2.05. The third kappa shape index (κ3) is 8.71. The van der Waals surface area contributed by atoms with E-state index in [1.165, 1.54) is 0 Å². The molecule has 0 heterocycles. The molecular formula is C16H25BrO. The average molecular weight is 328 g/mol. The van der Waals surface area contributed by atoms with Gasteiger partial charge in [-0.15, -0.1) is 0 Å². The standard InChI is InChI=1S/C16H25BrO/c17-13-7-1-2-8-14-18-15-9-6-12-16-10-4-3-5-11-16/h3-5,10-11H,1-2,6-9,12-15H2/i3D,6D2,9D2,10D,11D,12D2,13D2,14D2,15D2. The zero-order valence-electron chi connectivity index (χ0n) is 24.8. The minimum absolute atomic E-state index is 0.0293. The number of rotatable bonds is 11. The first-order valence-corrected chi connectivity index (χ1v) is 6.25. The van der Waals surface area contributed by atoms with Gasteiger partial charge >= 0.3 is 0 Å². The van der Waals surface area contributed by atoms with Gasteiger partial charge in [0.2, 0.25) is 0 Å². The maximum Gasteiger partial charge on any atom is 0.0626 e. The van der Waals surface area contributed by atoms with E-state index in [4.69, 9.17) is 20.6 Å². The molecule has 0 N–H and O–H groups in total. The van der Waals surface area contributed by atoms with Gasteiger partial charge in [-0.05, 0) is 37.5 Å². The van der Waals surface area contributed by atoms with Crippen molar-refractivity contribution in [3.8, 4) is 0 Å². The molecular weight excluding hydrogens is 288 g/mol. The number of ether oxygens (including phenoxy) is 1. The molecule has 0 radical (unpaired) electrons. The van der Waals surface area contributed by atoms with Crippen molar-refractivity contribution < 1.29 is 25.3 Å². The van der Waals surface area contributed by atoms with E-state index >= 15 is 0 Å². The summed E-state index contributed by atoms with van der Waals surface area (Å²) < 4.78 is 123. The van der Waals surface area contributed by atoms with E-state index in [1.807, 2.05) is 0 Å². The SMILES string of the molecule is [2H]c1cc([2H])c(C([2H])([2H])C([2H])([2H])C([2H])([2H])C([2H])([2H])OC([2H])([2H])CCCCC([2H])([2H])Br)c([2H])c1. The number of halogens is 1. The van der Waals surface area contributed by atoms with E-state index in [-0.39, 0.29) is 25.3 Å². The predicted octanol–water partition coefficient (Wildman–Crippen LogP) is 4.98. The molecule has 1 aromatic rings. The van der Waals surface area contributed by atoms with Gasteiger partial charge in [0.1, 0.15) is 0 Å². The first-order valence-electron chi connectivity index (χ1n) is 13.0. The first-order chi connectivity index (χ1) is 14.5. The van der Waals surface area contributed by atoms with Crippen LogP contribution in [0.15, 0.2) is 30.3 Å². The van der Waals surface area contributed by atoms with Gasteiger partial charge in [-0.3, -0.25) is 0 Å². The second-order valence-electron chi connectivity index (χ2n) is 3.18. The summed E-state index contributed by atoms with van der Waals surface area (Å²) in [5.74, 6) is 0. The molecule has 0 fully saturated rings. The molecule has 0 saturated carbocycles. The molecule has 0 atom stereocenters. The summed E-state index contributed by atoms with van der Waals surface area (Å²) >= 11 is 2.79. The Morgan fingerprint density at radius 3 is 2.61 bits per heavy atom. The molecule has 1 aromatic carbocycles. The average Bonchev–Trinajstić information content (AvgIpc) is 2.55. The molecule has 1 rings (SSSR count). The lowest BCUT2D eigenvalue weighted by Crippen LogP contribution is -1.98. The van der Waals surface area contributed by atoms with Gasteiger partial charge in [-0.2, -0.15) is 0 Å². The van der Waals surface area contributed by atoms with E-state index in [9.17, 15) is 0 Å². The highest BCUT2D eigenvalue weighted by atomic mass is 79.9. The van der Waals surface area contributed by atoms with Crippen LogP contribution in [0.1, 0.15) is 64.6 Å². The molecule has 2 heteroatoms. The second kappa shape index (κ2) is 11.7. The summed E-state index contributed by atoms with van der Waals surface area (Å²) in [6.45, 7) is -6.47. The Morgan fingerprint density at radius 1 is 1.06 bits per heavy atom. The topological polar surface area (TPSA) is 9.23 Å². The van der Waals surface area contributed by atoms with Gasteiger partial charge in [0.05, 0.1) is 9.60 Å². The van der Waals surface area contributed by atoms with Gasteiger partial charge in [-0.1, -0.05) is 59.0 Å². The van der Waals surface area contributed by atoms with Crippen LogP contribution in [0.5, 0.6) is 0 Å². The van der Waals surface area contributed by atoms with Crippen LogP contribution in [0.4, 0.5) is 0 Å². The van der Waals surface area contributed by atoms with Crippen LogP contribution < -0.4 is 0 Å². The zero-order chi connectivity index (χ0) is 26.3. The van der Waals surface area contributed by atoms with Crippen molar-refractivity contribution in [2.24, 2.45) is 0 Å². The normalized spacial score (nSPS) is 27.7. The van der Waals surface area contributed by atoms with E-state index < -0.39 is 61.6 Å². The fourth-order valence-corrected chi connectivity index (χ4v) is 1.28. The van der Waals surface area contributed by atoms with Crippen molar-refractivity contribution in [2.75, 3.05) is 18.4 Å². The largest absolute Gasteiger partial charge is 0.381 e. The Kier molecular flexibility index (Phi) is 3.00. The molecule has 0 unspecified atom stereocenters. The van der Waals surface area contributed by atoms with Gasteiger partial charge in [-0.25, -0.2) is 0 Å². The molecule has 0 spiro atoms. The smallest absolute Gasteiger partial charge is 0.0626 e.